The maximum Gasteiger partial charge on any atom is 0.408 e. The lowest BCUT2D eigenvalue weighted by Gasteiger charge is -2.16. The van der Waals surface area contributed by atoms with Gasteiger partial charge in [-0.05, 0) is 30.4 Å². The number of unbranched alkanes of at least 4 members (excludes halogenated alkanes) is 1. The lowest BCUT2D eigenvalue weighted by molar-refractivity contribution is -0.143. The topological polar surface area (TPSA) is 76.7 Å². The molecule has 2 rings (SSSR count). The van der Waals surface area contributed by atoms with E-state index in [-0.39, 0.29) is 6.61 Å². The number of carbonyl (C=O) groups is 2. The SMILES string of the molecule is COC(=O)[C@@H](CCCCNC(=S)Cc1ccccc1)NC(=O)OCc1ccccc1. The van der Waals surface area contributed by atoms with Crippen molar-refractivity contribution >= 4 is 29.3 Å². The predicted octanol–water partition coefficient (Wildman–Crippen LogP) is 3.78. The summed E-state index contributed by atoms with van der Waals surface area (Å²) >= 11 is 5.37. The molecule has 0 aliphatic carbocycles. The molecular weight excluding hydrogens is 400 g/mol. The van der Waals surface area contributed by atoms with Crippen molar-refractivity contribution in [1.29, 1.82) is 0 Å². The Morgan fingerprint density at radius 2 is 1.60 bits per heavy atom. The Bertz CT molecular complexity index is 799. The monoisotopic (exact) mass is 428 g/mol. The molecule has 2 N–H and O–H groups in total. The number of hydrogen-bond acceptors (Lipinski definition) is 5. The van der Waals surface area contributed by atoms with E-state index in [2.05, 4.69) is 10.6 Å². The molecule has 0 aliphatic heterocycles. The van der Waals surface area contributed by atoms with Crippen LogP contribution in [0.4, 0.5) is 4.79 Å². The second kappa shape index (κ2) is 13.3. The van der Waals surface area contributed by atoms with Gasteiger partial charge in [0.25, 0.3) is 0 Å². The molecular formula is C23H28N2O4S. The summed E-state index contributed by atoms with van der Waals surface area (Å²) in [6.07, 6.45) is 2.05. The zero-order valence-corrected chi connectivity index (χ0v) is 18.0. The third-order valence-electron chi connectivity index (χ3n) is 4.44. The highest BCUT2D eigenvalue weighted by Crippen LogP contribution is 2.06. The Labute approximate surface area is 183 Å². The second-order valence-corrected chi connectivity index (χ2v) is 7.28. The Morgan fingerprint density at radius 3 is 2.23 bits per heavy atom. The molecule has 1 atom stereocenters. The maximum absolute atomic E-state index is 12.0. The lowest BCUT2D eigenvalue weighted by Crippen LogP contribution is -2.41. The van der Waals surface area contributed by atoms with Crippen LogP contribution in [-0.2, 0) is 27.3 Å². The van der Waals surface area contributed by atoms with E-state index in [1.807, 2.05) is 60.7 Å². The summed E-state index contributed by atoms with van der Waals surface area (Å²) in [6.45, 7) is 0.849. The van der Waals surface area contributed by atoms with Crippen molar-refractivity contribution in [2.45, 2.75) is 38.3 Å². The fourth-order valence-electron chi connectivity index (χ4n) is 2.84. The van der Waals surface area contributed by atoms with E-state index in [4.69, 9.17) is 21.7 Å². The summed E-state index contributed by atoms with van der Waals surface area (Å²) in [5.74, 6) is -0.487. The normalized spacial score (nSPS) is 11.2. The van der Waals surface area contributed by atoms with Gasteiger partial charge in [-0.15, -0.1) is 0 Å². The molecule has 0 radical (unpaired) electrons. The van der Waals surface area contributed by atoms with Crippen molar-refractivity contribution in [3.8, 4) is 0 Å². The number of amides is 1. The Kier molecular flexibility index (Phi) is 10.4. The number of carbonyl (C=O) groups excluding carboxylic acids is 2. The summed E-state index contributed by atoms with van der Waals surface area (Å²) in [6, 6.07) is 18.6. The number of hydrogen-bond donors (Lipinski definition) is 2. The van der Waals surface area contributed by atoms with Crippen LogP contribution in [0.15, 0.2) is 60.7 Å². The quantitative estimate of drug-likeness (QED) is 0.322. The molecule has 160 valence electrons. The molecule has 30 heavy (non-hydrogen) atoms. The molecule has 0 spiro atoms. The molecule has 0 unspecified atom stereocenters. The van der Waals surface area contributed by atoms with Crippen molar-refractivity contribution in [1.82, 2.24) is 10.6 Å². The smallest absolute Gasteiger partial charge is 0.408 e. The van der Waals surface area contributed by atoms with E-state index in [1.165, 1.54) is 12.7 Å². The highest BCUT2D eigenvalue weighted by molar-refractivity contribution is 7.80. The molecule has 1 amide bonds. The van der Waals surface area contributed by atoms with Crippen molar-refractivity contribution in [2.75, 3.05) is 13.7 Å². The number of alkyl carbamates (subject to hydrolysis) is 1. The number of benzene rings is 2. The standard InChI is InChI=1S/C23H28N2O4S/c1-28-22(26)20(25-23(27)29-17-19-12-6-3-7-13-19)14-8-9-15-24-21(30)16-18-10-4-2-5-11-18/h2-7,10-13,20H,8-9,14-17H2,1H3,(H,24,30)(H,25,27)/t20-/m1/s1. The molecule has 0 aliphatic rings. The number of nitrogens with one attached hydrogen (secondary N) is 2. The van der Waals surface area contributed by atoms with Crippen molar-refractivity contribution in [2.24, 2.45) is 0 Å². The van der Waals surface area contributed by atoms with Gasteiger partial charge in [0.05, 0.1) is 12.1 Å². The van der Waals surface area contributed by atoms with Gasteiger partial charge >= 0.3 is 12.1 Å². The minimum Gasteiger partial charge on any atom is -0.467 e. The molecule has 0 aromatic heterocycles. The van der Waals surface area contributed by atoms with Crippen molar-refractivity contribution in [3.05, 3.63) is 71.8 Å². The molecule has 7 heteroatoms. The van der Waals surface area contributed by atoms with Gasteiger partial charge in [0.2, 0.25) is 0 Å². The third-order valence-corrected chi connectivity index (χ3v) is 4.73. The highest BCUT2D eigenvalue weighted by atomic mass is 32.1. The van der Waals surface area contributed by atoms with Gasteiger partial charge in [0, 0.05) is 13.0 Å². The van der Waals surface area contributed by atoms with Crippen LogP contribution in [0.3, 0.4) is 0 Å². The summed E-state index contributed by atoms with van der Waals surface area (Å²) in [4.78, 5) is 24.8. The molecule has 0 saturated carbocycles. The van der Waals surface area contributed by atoms with Crippen LogP contribution in [0.25, 0.3) is 0 Å². The van der Waals surface area contributed by atoms with Gasteiger partial charge < -0.3 is 20.1 Å². The van der Waals surface area contributed by atoms with Crippen LogP contribution in [0.5, 0.6) is 0 Å². The number of rotatable bonds is 11. The third kappa shape index (κ3) is 9.05. The summed E-state index contributed by atoms with van der Waals surface area (Å²) in [5.41, 5.74) is 2.04. The van der Waals surface area contributed by atoms with E-state index in [9.17, 15) is 9.59 Å². The summed E-state index contributed by atoms with van der Waals surface area (Å²) < 4.78 is 9.97. The zero-order valence-electron chi connectivity index (χ0n) is 17.1. The predicted molar refractivity (Wildman–Crippen MR) is 120 cm³/mol. The first-order chi connectivity index (χ1) is 14.6. The first-order valence-corrected chi connectivity index (χ1v) is 10.3. The van der Waals surface area contributed by atoms with Gasteiger partial charge in [-0.3, -0.25) is 0 Å². The van der Waals surface area contributed by atoms with Crippen LogP contribution >= 0.6 is 12.2 Å². The van der Waals surface area contributed by atoms with Crippen molar-refractivity contribution in [3.63, 3.8) is 0 Å². The summed E-state index contributed by atoms with van der Waals surface area (Å²) in [7, 11) is 1.30. The van der Waals surface area contributed by atoms with E-state index < -0.39 is 18.1 Å². The molecule has 2 aromatic rings. The largest absolute Gasteiger partial charge is 0.467 e. The van der Waals surface area contributed by atoms with Crippen LogP contribution in [-0.4, -0.2) is 36.7 Å². The van der Waals surface area contributed by atoms with Gasteiger partial charge in [-0.25, -0.2) is 9.59 Å². The fraction of sp³-hybridized carbons (Fsp3) is 0.348. The Hall–Kier alpha value is -2.93. The van der Waals surface area contributed by atoms with Crippen LogP contribution in [0.1, 0.15) is 30.4 Å². The Morgan fingerprint density at radius 1 is 0.967 bits per heavy atom. The number of esters is 1. The van der Waals surface area contributed by atoms with Gasteiger partial charge in [0.1, 0.15) is 12.6 Å². The molecule has 0 saturated heterocycles. The van der Waals surface area contributed by atoms with Gasteiger partial charge in [0.15, 0.2) is 0 Å². The minimum absolute atomic E-state index is 0.142. The van der Waals surface area contributed by atoms with Gasteiger partial charge in [-0.1, -0.05) is 72.9 Å². The van der Waals surface area contributed by atoms with Crippen molar-refractivity contribution < 1.29 is 19.1 Å². The van der Waals surface area contributed by atoms with Gasteiger partial charge in [-0.2, -0.15) is 0 Å². The average Bonchev–Trinajstić information content (AvgIpc) is 2.77. The summed E-state index contributed by atoms with van der Waals surface area (Å²) in [5, 5.41) is 5.82. The molecule has 0 fully saturated rings. The minimum atomic E-state index is -0.741. The van der Waals surface area contributed by atoms with E-state index in [0.717, 1.165) is 23.4 Å². The molecule has 0 bridgehead atoms. The molecule has 6 nitrogen and oxygen atoms in total. The van der Waals surface area contributed by atoms with E-state index >= 15 is 0 Å². The van der Waals surface area contributed by atoms with Crippen LogP contribution in [0.2, 0.25) is 0 Å². The molecule has 2 aromatic carbocycles. The molecule has 0 heterocycles. The highest BCUT2D eigenvalue weighted by Gasteiger charge is 2.21. The lowest BCUT2D eigenvalue weighted by atomic mass is 10.1. The van der Waals surface area contributed by atoms with Crippen LogP contribution in [0, 0.1) is 0 Å². The maximum atomic E-state index is 12.0. The average molecular weight is 429 g/mol. The first-order valence-electron chi connectivity index (χ1n) is 9.94. The number of methoxy groups -OCH3 is 1. The first kappa shape index (κ1) is 23.3. The van der Waals surface area contributed by atoms with E-state index in [0.29, 0.717) is 19.4 Å². The second-order valence-electron chi connectivity index (χ2n) is 6.79. The van der Waals surface area contributed by atoms with E-state index in [1.54, 1.807) is 0 Å². The number of ether oxygens (including phenoxy) is 2. The zero-order chi connectivity index (χ0) is 21.6. The fourth-order valence-corrected chi connectivity index (χ4v) is 3.11. The number of thiocarbonyl (C=S) groups is 1. The van der Waals surface area contributed by atoms with Crippen LogP contribution < -0.4 is 10.6 Å². The Balaban J connectivity index is 1.66.